The lowest BCUT2D eigenvalue weighted by molar-refractivity contribution is 0.519. The molecule has 3 aromatic rings. The molecule has 1 atom stereocenters. The minimum absolute atomic E-state index is 0.209. The Bertz CT molecular complexity index is 830. The van der Waals surface area contributed by atoms with Crippen molar-refractivity contribution in [2.75, 3.05) is 0 Å². The maximum absolute atomic E-state index is 5.67. The predicted molar refractivity (Wildman–Crippen MR) is 97.9 cm³/mol. The standard InChI is InChI=1S/C21H16OS/c1-3-8-16(9-4-1)14-18-15-20(17-10-5-2-6-11-17)23-21(18)19-12-7-13-22-19/h1-15,21H/b18-14+. The van der Waals surface area contributed by atoms with Crippen LogP contribution in [0.1, 0.15) is 22.1 Å². The summed E-state index contributed by atoms with van der Waals surface area (Å²) in [5, 5.41) is 0.209. The largest absolute Gasteiger partial charge is 0.468 e. The number of furan rings is 1. The molecule has 0 spiro atoms. The summed E-state index contributed by atoms with van der Waals surface area (Å²) in [4.78, 5) is 1.29. The van der Waals surface area contributed by atoms with Gasteiger partial charge in [0.2, 0.25) is 0 Å². The van der Waals surface area contributed by atoms with E-state index in [1.165, 1.54) is 21.6 Å². The molecule has 0 fully saturated rings. The van der Waals surface area contributed by atoms with Gasteiger partial charge in [-0.15, -0.1) is 11.8 Å². The summed E-state index contributed by atoms with van der Waals surface area (Å²) >= 11 is 1.85. The van der Waals surface area contributed by atoms with Crippen LogP contribution < -0.4 is 0 Å². The van der Waals surface area contributed by atoms with E-state index >= 15 is 0 Å². The van der Waals surface area contributed by atoms with Gasteiger partial charge in [-0.05, 0) is 34.9 Å². The summed E-state index contributed by atoms with van der Waals surface area (Å²) in [6.07, 6.45) is 6.27. The molecule has 1 nitrogen and oxygen atoms in total. The Morgan fingerprint density at radius 1 is 0.826 bits per heavy atom. The molecule has 2 heterocycles. The zero-order chi connectivity index (χ0) is 15.5. The van der Waals surface area contributed by atoms with Crippen molar-refractivity contribution in [2.45, 2.75) is 5.25 Å². The molecule has 112 valence electrons. The summed E-state index contributed by atoms with van der Waals surface area (Å²) in [6.45, 7) is 0. The van der Waals surface area contributed by atoms with Crippen LogP contribution in [0, 0.1) is 0 Å². The summed E-state index contributed by atoms with van der Waals surface area (Å²) in [5.74, 6) is 0.999. The van der Waals surface area contributed by atoms with Crippen molar-refractivity contribution in [3.05, 3.63) is 108 Å². The highest BCUT2D eigenvalue weighted by atomic mass is 32.2. The molecule has 0 saturated carbocycles. The van der Waals surface area contributed by atoms with Gasteiger partial charge < -0.3 is 4.42 Å². The molecule has 1 aliphatic rings. The summed E-state index contributed by atoms with van der Waals surface area (Å²) in [6, 6.07) is 25.0. The van der Waals surface area contributed by atoms with Crippen molar-refractivity contribution in [2.24, 2.45) is 0 Å². The Labute approximate surface area is 140 Å². The van der Waals surface area contributed by atoms with Crippen molar-refractivity contribution in [3.8, 4) is 0 Å². The van der Waals surface area contributed by atoms with Crippen LogP contribution in [0.15, 0.2) is 95.1 Å². The Morgan fingerprint density at radius 3 is 2.26 bits per heavy atom. The highest BCUT2D eigenvalue weighted by Gasteiger charge is 2.27. The van der Waals surface area contributed by atoms with E-state index in [0.717, 1.165) is 5.76 Å². The van der Waals surface area contributed by atoms with Gasteiger partial charge in [0.25, 0.3) is 0 Å². The van der Waals surface area contributed by atoms with E-state index in [4.69, 9.17) is 4.42 Å². The minimum Gasteiger partial charge on any atom is -0.468 e. The molecule has 0 aliphatic carbocycles. The second kappa shape index (κ2) is 6.35. The Kier molecular flexibility index (Phi) is 3.91. The number of benzene rings is 2. The van der Waals surface area contributed by atoms with E-state index in [1.54, 1.807) is 6.26 Å². The van der Waals surface area contributed by atoms with Gasteiger partial charge in [-0.3, -0.25) is 0 Å². The Balaban J connectivity index is 1.75. The molecule has 0 radical (unpaired) electrons. The Morgan fingerprint density at radius 2 is 1.57 bits per heavy atom. The predicted octanol–water partition coefficient (Wildman–Crippen LogP) is 6.19. The van der Waals surface area contributed by atoms with E-state index in [-0.39, 0.29) is 5.25 Å². The third-order valence-corrected chi connectivity index (χ3v) is 5.19. The van der Waals surface area contributed by atoms with Crippen LogP contribution in [0.25, 0.3) is 11.0 Å². The average molecular weight is 316 g/mol. The lowest BCUT2D eigenvalue weighted by Gasteiger charge is -2.09. The zero-order valence-electron chi connectivity index (χ0n) is 12.6. The first-order chi connectivity index (χ1) is 11.4. The van der Waals surface area contributed by atoms with Crippen molar-refractivity contribution in [1.82, 2.24) is 0 Å². The van der Waals surface area contributed by atoms with Crippen LogP contribution in [0.4, 0.5) is 0 Å². The van der Waals surface area contributed by atoms with Gasteiger partial charge in [-0.2, -0.15) is 0 Å². The van der Waals surface area contributed by atoms with E-state index in [0.29, 0.717) is 0 Å². The van der Waals surface area contributed by atoms with Crippen LogP contribution in [-0.4, -0.2) is 0 Å². The van der Waals surface area contributed by atoms with Gasteiger partial charge in [0.1, 0.15) is 5.76 Å². The third-order valence-electron chi connectivity index (χ3n) is 3.84. The second-order valence-corrected chi connectivity index (χ2v) is 6.59. The first kappa shape index (κ1) is 14.2. The molecule has 0 saturated heterocycles. The van der Waals surface area contributed by atoms with Crippen molar-refractivity contribution >= 4 is 22.7 Å². The van der Waals surface area contributed by atoms with Crippen LogP contribution in [0.3, 0.4) is 0 Å². The zero-order valence-corrected chi connectivity index (χ0v) is 13.4. The number of hydrogen-bond donors (Lipinski definition) is 0. The summed E-state index contributed by atoms with van der Waals surface area (Å²) < 4.78 is 5.67. The lowest BCUT2D eigenvalue weighted by atomic mass is 10.0. The monoisotopic (exact) mass is 316 g/mol. The molecule has 1 aromatic heterocycles. The van der Waals surface area contributed by atoms with E-state index in [9.17, 15) is 0 Å². The van der Waals surface area contributed by atoms with Gasteiger partial charge in [0, 0.05) is 4.91 Å². The molecule has 2 heteroatoms. The fourth-order valence-electron chi connectivity index (χ4n) is 2.73. The van der Waals surface area contributed by atoms with Crippen molar-refractivity contribution in [3.63, 3.8) is 0 Å². The van der Waals surface area contributed by atoms with Crippen LogP contribution >= 0.6 is 11.8 Å². The lowest BCUT2D eigenvalue weighted by Crippen LogP contribution is -1.90. The second-order valence-electron chi connectivity index (χ2n) is 5.44. The molecule has 1 aliphatic heterocycles. The normalized spacial score (nSPS) is 19.0. The number of rotatable bonds is 3. The van der Waals surface area contributed by atoms with Gasteiger partial charge in [0.15, 0.2) is 0 Å². The molecule has 0 bridgehead atoms. The summed E-state index contributed by atoms with van der Waals surface area (Å²) in [5.41, 5.74) is 3.74. The van der Waals surface area contributed by atoms with Gasteiger partial charge in [-0.25, -0.2) is 0 Å². The van der Waals surface area contributed by atoms with E-state index in [1.807, 2.05) is 23.9 Å². The minimum atomic E-state index is 0.209. The maximum atomic E-state index is 5.67. The average Bonchev–Trinajstić information content (AvgIpc) is 3.26. The van der Waals surface area contributed by atoms with Crippen LogP contribution in [0.2, 0.25) is 0 Å². The molecule has 1 unspecified atom stereocenters. The molecule has 4 rings (SSSR count). The van der Waals surface area contributed by atoms with Gasteiger partial charge in [0.05, 0.1) is 11.5 Å². The molecule has 2 aromatic carbocycles. The number of thioether (sulfide) groups is 1. The van der Waals surface area contributed by atoms with Crippen molar-refractivity contribution < 1.29 is 4.42 Å². The Hall–Kier alpha value is -2.45. The third kappa shape index (κ3) is 3.03. The topological polar surface area (TPSA) is 13.1 Å². The molecule has 0 amide bonds. The summed E-state index contributed by atoms with van der Waals surface area (Å²) in [7, 11) is 0. The SMILES string of the molecule is C1=C(c2ccccc2)SC(c2ccco2)/C1=C/c1ccccc1. The van der Waals surface area contributed by atoms with Gasteiger partial charge >= 0.3 is 0 Å². The van der Waals surface area contributed by atoms with E-state index in [2.05, 4.69) is 72.8 Å². The first-order valence-corrected chi connectivity index (χ1v) is 8.52. The first-order valence-electron chi connectivity index (χ1n) is 7.64. The molecule has 0 N–H and O–H groups in total. The fourth-order valence-corrected chi connectivity index (χ4v) is 3.98. The van der Waals surface area contributed by atoms with Crippen LogP contribution in [0.5, 0.6) is 0 Å². The smallest absolute Gasteiger partial charge is 0.121 e. The number of hydrogen-bond acceptors (Lipinski definition) is 2. The fraction of sp³-hybridized carbons (Fsp3) is 0.0476. The van der Waals surface area contributed by atoms with E-state index < -0.39 is 0 Å². The van der Waals surface area contributed by atoms with Crippen molar-refractivity contribution in [1.29, 1.82) is 0 Å². The van der Waals surface area contributed by atoms with Gasteiger partial charge in [-0.1, -0.05) is 66.7 Å². The number of allylic oxidation sites excluding steroid dienone is 1. The quantitative estimate of drug-likeness (QED) is 0.571. The highest BCUT2D eigenvalue weighted by molar-refractivity contribution is 8.09. The molecular weight excluding hydrogens is 300 g/mol. The highest BCUT2D eigenvalue weighted by Crippen LogP contribution is 2.51. The van der Waals surface area contributed by atoms with Crippen LogP contribution in [-0.2, 0) is 0 Å². The maximum Gasteiger partial charge on any atom is 0.121 e. The molecule has 23 heavy (non-hydrogen) atoms. The molecular formula is C21H16OS.